The van der Waals surface area contributed by atoms with Crippen LogP contribution >= 0.6 is 0 Å². The molecular weight excluding hydrogens is 183 g/mol. The molecule has 0 bridgehead atoms. The van der Waals surface area contributed by atoms with Crippen molar-refractivity contribution in [1.29, 1.82) is 0 Å². The first kappa shape index (κ1) is 10.8. The molecule has 1 rings (SSSR count). The molecule has 2 nitrogen and oxygen atoms in total. The summed E-state index contributed by atoms with van der Waals surface area (Å²) in [6, 6.07) is -0.0534. The van der Waals surface area contributed by atoms with Gasteiger partial charge < -0.3 is 5.11 Å². The fourth-order valence-electron chi connectivity index (χ4n) is 1.67. The van der Waals surface area contributed by atoms with Gasteiger partial charge in [-0.25, -0.2) is 0 Å². The number of hydrogen-bond acceptors (Lipinski definition) is 2. The maximum atomic E-state index is 11.9. The third-order valence-corrected chi connectivity index (χ3v) is 2.39. The fourth-order valence-corrected chi connectivity index (χ4v) is 1.67. The quantitative estimate of drug-likeness (QED) is 0.739. The van der Waals surface area contributed by atoms with Crippen LogP contribution in [0.1, 0.15) is 19.3 Å². The second-order valence-corrected chi connectivity index (χ2v) is 3.38. The molecule has 1 heterocycles. The third kappa shape index (κ3) is 3.52. The van der Waals surface area contributed by atoms with Crippen molar-refractivity contribution in [2.24, 2.45) is 0 Å². The first-order valence-electron chi connectivity index (χ1n) is 4.44. The molecule has 0 aromatic carbocycles. The van der Waals surface area contributed by atoms with Crippen molar-refractivity contribution in [3.8, 4) is 0 Å². The maximum Gasteiger partial charge on any atom is 0.390 e. The molecule has 13 heavy (non-hydrogen) atoms. The largest absolute Gasteiger partial charge is 0.395 e. The van der Waals surface area contributed by atoms with E-state index in [1.807, 2.05) is 0 Å². The van der Waals surface area contributed by atoms with E-state index in [1.54, 1.807) is 4.90 Å². The van der Waals surface area contributed by atoms with Crippen LogP contribution in [0.25, 0.3) is 0 Å². The first-order valence-corrected chi connectivity index (χ1v) is 4.44. The Morgan fingerprint density at radius 2 is 2.08 bits per heavy atom. The smallest absolute Gasteiger partial charge is 0.390 e. The Hall–Kier alpha value is -0.290. The lowest BCUT2D eigenvalue weighted by Crippen LogP contribution is -2.34. The molecule has 1 fully saturated rings. The van der Waals surface area contributed by atoms with E-state index in [1.165, 1.54) is 0 Å². The summed E-state index contributed by atoms with van der Waals surface area (Å²) in [6.07, 6.45) is -3.15. The van der Waals surface area contributed by atoms with Crippen molar-refractivity contribution in [2.75, 3.05) is 19.7 Å². The summed E-state index contributed by atoms with van der Waals surface area (Å²) in [5.41, 5.74) is 0. The predicted octanol–water partition coefficient (Wildman–Crippen LogP) is 1.40. The summed E-state index contributed by atoms with van der Waals surface area (Å²) in [5, 5.41) is 8.84. The van der Waals surface area contributed by atoms with E-state index < -0.39 is 12.6 Å². The minimum absolute atomic E-state index is 0.0225. The van der Waals surface area contributed by atoms with Gasteiger partial charge in [0, 0.05) is 12.6 Å². The van der Waals surface area contributed by atoms with Crippen LogP contribution < -0.4 is 0 Å². The Balaban J connectivity index is 2.28. The second kappa shape index (κ2) is 4.28. The van der Waals surface area contributed by atoms with Crippen LogP contribution in [-0.2, 0) is 0 Å². The molecule has 1 aliphatic rings. The van der Waals surface area contributed by atoms with Gasteiger partial charge >= 0.3 is 6.18 Å². The van der Waals surface area contributed by atoms with Gasteiger partial charge in [0.1, 0.15) is 0 Å². The summed E-state index contributed by atoms with van der Waals surface area (Å²) in [6.45, 7) is 0.674. The number of halogens is 3. The number of likely N-dealkylation sites (tertiary alicyclic amines) is 1. The summed E-state index contributed by atoms with van der Waals surface area (Å²) in [7, 11) is 0. The van der Waals surface area contributed by atoms with Gasteiger partial charge in [-0.1, -0.05) is 0 Å². The third-order valence-electron chi connectivity index (χ3n) is 2.39. The molecule has 0 spiro atoms. The van der Waals surface area contributed by atoms with Crippen LogP contribution in [0.2, 0.25) is 0 Å². The molecule has 0 unspecified atom stereocenters. The fraction of sp³-hybridized carbons (Fsp3) is 1.00. The number of hydrogen-bond donors (Lipinski definition) is 1. The molecule has 0 radical (unpaired) electrons. The molecule has 78 valence electrons. The molecular formula is C8H14F3NO. The second-order valence-electron chi connectivity index (χ2n) is 3.38. The highest BCUT2D eigenvalue weighted by molar-refractivity contribution is 4.78. The zero-order chi connectivity index (χ0) is 9.90. The highest BCUT2D eigenvalue weighted by Gasteiger charge is 2.31. The van der Waals surface area contributed by atoms with Gasteiger partial charge in [0.05, 0.1) is 13.0 Å². The van der Waals surface area contributed by atoms with Crippen molar-refractivity contribution >= 4 is 0 Å². The summed E-state index contributed by atoms with van der Waals surface area (Å²) in [4.78, 5) is 1.72. The average molecular weight is 197 g/mol. The first-order chi connectivity index (χ1) is 6.03. The van der Waals surface area contributed by atoms with Crippen molar-refractivity contribution in [2.45, 2.75) is 31.5 Å². The van der Waals surface area contributed by atoms with Crippen molar-refractivity contribution in [3.63, 3.8) is 0 Å². The van der Waals surface area contributed by atoms with Gasteiger partial charge in [0.25, 0.3) is 0 Å². The Kier molecular flexibility index (Phi) is 3.55. The van der Waals surface area contributed by atoms with Crippen LogP contribution in [0.3, 0.4) is 0 Å². The number of alkyl halides is 3. The zero-order valence-electron chi connectivity index (χ0n) is 7.35. The monoisotopic (exact) mass is 197 g/mol. The predicted molar refractivity (Wildman–Crippen MR) is 42.4 cm³/mol. The molecule has 0 aromatic rings. The van der Waals surface area contributed by atoms with E-state index in [0.29, 0.717) is 6.54 Å². The lowest BCUT2D eigenvalue weighted by Gasteiger charge is -2.22. The number of aliphatic hydroxyl groups excluding tert-OH is 1. The van der Waals surface area contributed by atoms with Crippen molar-refractivity contribution in [3.05, 3.63) is 0 Å². The van der Waals surface area contributed by atoms with E-state index in [9.17, 15) is 13.2 Å². The molecule has 1 N–H and O–H groups in total. The van der Waals surface area contributed by atoms with Crippen LogP contribution in [0.5, 0.6) is 0 Å². The van der Waals surface area contributed by atoms with Crippen LogP contribution in [0, 0.1) is 0 Å². The Morgan fingerprint density at radius 1 is 1.38 bits per heavy atom. The van der Waals surface area contributed by atoms with Crippen molar-refractivity contribution < 1.29 is 18.3 Å². The van der Waals surface area contributed by atoms with E-state index >= 15 is 0 Å². The highest BCUT2D eigenvalue weighted by atomic mass is 19.4. The molecule has 0 amide bonds. The molecule has 5 heteroatoms. The van der Waals surface area contributed by atoms with Crippen LogP contribution in [0.4, 0.5) is 13.2 Å². The maximum absolute atomic E-state index is 11.9. The standard InChI is InChI=1S/C8H14F3NO/c9-8(10,11)3-5-12-4-1-2-7(12)6-13/h7,13H,1-6H2/t7-/m0/s1. The van der Waals surface area contributed by atoms with Gasteiger partial charge in [-0.2, -0.15) is 13.2 Å². The lowest BCUT2D eigenvalue weighted by atomic mass is 10.2. The van der Waals surface area contributed by atoms with Gasteiger partial charge in [-0.15, -0.1) is 0 Å². The van der Waals surface area contributed by atoms with E-state index in [0.717, 1.165) is 12.8 Å². The molecule has 1 saturated heterocycles. The lowest BCUT2D eigenvalue weighted by molar-refractivity contribution is -0.138. The molecule has 0 aliphatic carbocycles. The highest BCUT2D eigenvalue weighted by Crippen LogP contribution is 2.23. The van der Waals surface area contributed by atoms with Gasteiger partial charge in [-0.05, 0) is 19.4 Å². The van der Waals surface area contributed by atoms with Gasteiger partial charge in [-0.3, -0.25) is 4.90 Å². The Bertz CT molecular complexity index is 160. The summed E-state index contributed by atoms with van der Waals surface area (Å²) < 4.78 is 35.6. The molecule has 0 saturated carbocycles. The summed E-state index contributed by atoms with van der Waals surface area (Å²) >= 11 is 0. The molecule has 1 atom stereocenters. The van der Waals surface area contributed by atoms with Crippen LogP contribution in [-0.4, -0.2) is 41.9 Å². The molecule has 1 aliphatic heterocycles. The minimum Gasteiger partial charge on any atom is -0.395 e. The van der Waals surface area contributed by atoms with Crippen LogP contribution in [0.15, 0.2) is 0 Å². The average Bonchev–Trinajstić information content (AvgIpc) is 2.46. The zero-order valence-corrected chi connectivity index (χ0v) is 7.35. The normalized spacial score (nSPS) is 25.4. The SMILES string of the molecule is OC[C@@H]1CCCN1CCC(F)(F)F. The molecule has 0 aromatic heterocycles. The summed E-state index contributed by atoms with van der Waals surface area (Å²) in [5.74, 6) is 0. The number of aliphatic hydroxyl groups is 1. The van der Waals surface area contributed by atoms with E-state index in [2.05, 4.69) is 0 Å². The number of rotatable bonds is 3. The van der Waals surface area contributed by atoms with Crippen molar-refractivity contribution in [1.82, 2.24) is 4.90 Å². The van der Waals surface area contributed by atoms with E-state index in [4.69, 9.17) is 5.11 Å². The van der Waals surface area contributed by atoms with E-state index in [-0.39, 0.29) is 19.2 Å². The Labute approximate surface area is 75.3 Å². The van der Waals surface area contributed by atoms with Gasteiger partial charge in [0.2, 0.25) is 0 Å². The topological polar surface area (TPSA) is 23.5 Å². The number of nitrogens with zero attached hydrogens (tertiary/aromatic N) is 1. The Morgan fingerprint density at radius 3 is 2.62 bits per heavy atom. The van der Waals surface area contributed by atoms with Gasteiger partial charge in [0.15, 0.2) is 0 Å². The minimum atomic E-state index is -4.08.